The number of carbonyl (C=O) groups excluding carboxylic acids is 4. The van der Waals surface area contributed by atoms with E-state index in [0.717, 1.165) is 21.1 Å². The van der Waals surface area contributed by atoms with E-state index in [1.165, 1.54) is 0 Å². The number of hydrogen-bond donors (Lipinski definition) is 0. The summed E-state index contributed by atoms with van der Waals surface area (Å²) in [6, 6.07) is 21.3. The van der Waals surface area contributed by atoms with Crippen molar-refractivity contribution in [3.8, 4) is 17.2 Å². The minimum Gasteiger partial charge on any atom is -0.748 e. The third kappa shape index (κ3) is 12.7. The molecule has 2 fully saturated rings. The van der Waals surface area contributed by atoms with Crippen molar-refractivity contribution in [1.29, 1.82) is 0 Å². The van der Waals surface area contributed by atoms with Crippen molar-refractivity contribution in [1.82, 2.24) is 0 Å². The molecule has 0 aliphatic heterocycles. The first-order valence-corrected chi connectivity index (χ1v) is 21.6. The van der Waals surface area contributed by atoms with Crippen molar-refractivity contribution in [2.45, 2.75) is 127 Å². The maximum atomic E-state index is 12.1. The summed E-state index contributed by atoms with van der Waals surface area (Å²) in [5.41, 5.74) is -3.26. The van der Waals surface area contributed by atoms with E-state index in [1.807, 2.05) is 50.2 Å². The van der Waals surface area contributed by atoms with Crippen LogP contribution in [0.3, 0.4) is 0 Å². The Labute approximate surface area is 344 Å². The van der Waals surface area contributed by atoms with Crippen molar-refractivity contribution in [3.63, 3.8) is 0 Å². The average molecular weight is 843 g/mol. The van der Waals surface area contributed by atoms with E-state index in [2.05, 4.69) is 0 Å². The molecule has 2 atom stereocenters. The molecule has 0 spiro atoms. The molecule has 316 valence electrons. The first-order valence-electron chi connectivity index (χ1n) is 18.8. The second kappa shape index (κ2) is 17.3. The molecule has 0 heterocycles. The van der Waals surface area contributed by atoms with Crippen LogP contribution in [0.1, 0.15) is 95.4 Å². The van der Waals surface area contributed by atoms with E-state index in [0.29, 0.717) is 30.1 Å². The fourth-order valence-corrected chi connectivity index (χ4v) is 10.2. The summed E-state index contributed by atoms with van der Waals surface area (Å²) in [6.45, 7) is 19.7. The largest absolute Gasteiger partial charge is 0.748 e. The summed E-state index contributed by atoms with van der Waals surface area (Å²) in [6.07, 6.45) is -0.497. The summed E-state index contributed by atoms with van der Waals surface area (Å²) in [5, 5.41) is 0. The molecule has 0 aromatic heterocycles. The van der Waals surface area contributed by atoms with E-state index in [4.69, 9.17) is 28.4 Å². The third-order valence-electron chi connectivity index (χ3n) is 9.51. The summed E-state index contributed by atoms with van der Waals surface area (Å²) in [4.78, 5) is 51.0. The van der Waals surface area contributed by atoms with Crippen molar-refractivity contribution in [2.24, 2.45) is 16.7 Å². The van der Waals surface area contributed by atoms with E-state index in [-0.39, 0.29) is 17.1 Å². The van der Waals surface area contributed by atoms with Crippen LogP contribution >= 0.6 is 0 Å². The van der Waals surface area contributed by atoms with Gasteiger partial charge in [0, 0.05) is 11.8 Å². The van der Waals surface area contributed by atoms with Gasteiger partial charge in [-0.25, -0.2) is 22.8 Å². The monoisotopic (exact) mass is 842 g/mol. The van der Waals surface area contributed by atoms with Gasteiger partial charge in [-0.3, -0.25) is 4.79 Å². The second-order valence-corrected chi connectivity index (χ2v) is 21.2. The van der Waals surface area contributed by atoms with Gasteiger partial charge in [-0.15, -0.1) is 0 Å². The Morgan fingerprint density at radius 1 is 0.638 bits per heavy atom. The van der Waals surface area contributed by atoms with Gasteiger partial charge in [0.25, 0.3) is 0 Å². The van der Waals surface area contributed by atoms with E-state index < -0.39 is 67.5 Å². The number of ketones is 1. The number of fused-ring (bicyclic) bond motifs is 2. The second-order valence-electron chi connectivity index (χ2n) is 17.8. The van der Waals surface area contributed by atoms with Crippen LogP contribution in [0.5, 0.6) is 17.2 Å². The van der Waals surface area contributed by atoms with Gasteiger partial charge >= 0.3 is 18.5 Å². The van der Waals surface area contributed by atoms with Gasteiger partial charge in [-0.1, -0.05) is 13.8 Å². The maximum absolute atomic E-state index is 12.1. The summed E-state index contributed by atoms with van der Waals surface area (Å²) >= 11 is 0. The number of hydrogen-bond acceptors (Lipinski definition) is 13. The Bertz CT molecular complexity index is 1880. The molecule has 15 heteroatoms. The molecule has 13 nitrogen and oxygen atoms in total. The van der Waals surface area contributed by atoms with Crippen molar-refractivity contribution >= 4 is 45.3 Å². The molecule has 2 saturated carbocycles. The van der Waals surface area contributed by atoms with Gasteiger partial charge < -0.3 is 33.0 Å². The lowest BCUT2D eigenvalue weighted by atomic mass is 9.70. The zero-order chi connectivity index (χ0) is 43.5. The topological polar surface area (TPSA) is 181 Å². The predicted octanol–water partition coefficient (Wildman–Crippen LogP) is 9.65. The highest BCUT2D eigenvalue weighted by Gasteiger charge is 2.64. The van der Waals surface area contributed by atoms with E-state index in [9.17, 15) is 32.1 Å². The molecule has 58 heavy (non-hydrogen) atoms. The smallest absolute Gasteiger partial charge is 0.514 e. The van der Waals surface area contributed by atoms with Gasteiger partial charge in [-0.2, -0.15) is 0 Å². The highest BCUT2D eigenvalue weighted by Crippen LogP contribution is 2.64. The highest BCUT2D eigenvalue weighted by atomic mass is 32.2. The quantitative estimate of drug-likeness (QED) is 0.0688. The van der Waals surface area contributed by atoms with Crippen LogP contribution in [-0.2, 0) is 40.0 Å². The number of benzene rings is 3. The molecule has 3 aromatic carbocycles. The molecule has 3 aromatic rings. The minimum atomic E-state index is -4.33. The van der Waals surface area contributed by atoms with Gasteiger partial charge in [0.05, 0.1) is 26.8 Å². The first kappa shape index (κ1) is 46.1. The molecule has 0 amide bonds. The minimum absolute atomic E-state index is 0.0248. The lowest BCUT2D eigenvalue weighted by Gasteiger charge is -2.37. The zero-order valence-electron chi connectivity index (χ0n) is 35.0. The highest BCUT2D eigenvalue weighted by molar-refractivity contribution is 7.97. The van der Waals surface area contributed by atoms with E-state index in [1.54, 1.807) is 98.7 Å². The van der Waals surface area contributed by atoms with Gasteiger partial charge in [0.1, 0.15) is 39.8 Å². The maximum Gasteiger partial charge on any atom is 0.514 e. The van der Waals surface area contributed by atoms with Crippen LogP contribution in [0.25, 0.3) is 0 Å². The average Bonchev–Trinajstić information content (AvgIpc) is 3.38. The number of ether oxygens (including phenoxy) is 6. The fourth-order valence-electron chi connectivity index (χ4n) is 6.85. The van der Waals surface area contributed by atoms with Crippen LogP contribution in [0.15, 0.2) is 87.5 Å². The Hall–Kier alpha value is -4.60. The molecule has 2 bridgehead atoms. The van der Waals surface area contributed by atoms with Crippen LogP contribution in [0.2, 0.25) is 0 Å². The first-order chi connectivity index (χ1) is 26.6. The Balaban J connectivity index is 0.000000411. The van der Waals surface area contributed by atoms with Crippen molar-refractivity contribution in [2.75, 3.05) is 5.75 Å². The van der Waals surface area contributed by atoms with Gasteiger partial charge in [-0.05, 0) is 159 Å². The van der Waals surface area contributed by atoms with Crippen LogP contribution in [-0.4, -0.2) is 59.8 Å². The van der Waals surface area contributed by atoms with Gasteiger partial charge in [0.2, 0.25) is 0 Å². The SMILES string of the molecule is CC(C)(C)OC(=O)Oc1ccc([S+](c2ccc(OC(=O)OC(C)(C)C)cc2)c2ccc(OC(=O)OC(C)(C)C)cc2)cc1.CC1(C)C2CCC1(CS(=O)(=O)[O-])C(=O)C2. The lowest BCUT2D eigenvalue weighted by Crippen LogP contribution is -2.42. The predicted molar refractivity (Wildman–Crippen MR) is 215 cm³/mol. The summed E-state index contributed by atoms with van der Waals surface area (Å²) in [7, 11) is -4.97. The summed E-state index contributed by atoms with van der Waals surface area (Å²) in [5.74, 6) is 0.730. The van der Waals surface area contributed by atoms with Gasteiger partial charge in [0.15, 0.2) is 14.7 Å². The molecule has 0 radical (unpaired) electrons. The van der Waals surface area contributed by atoms with Crippen molar-refractivity contribution in [3.05, 3.63) is 72.8 Å². The lowest BCUT2D eigenvalue weighted by molar-refractivity contribution is -0.128. The molecule has 2 aliphatic rings. The fraction of sp³-hybridized carbons (Fsp3) is 0.488. The molecule has 0 N–H and O–H groups in total. The number of carbonyl (C=O) groups is 4. The molecule has 2 aliphatic carbocycles. The molecule has 0 saturated heterocycles. The normalized spacial score (nSPS) is 18.8. The Kier molecular flexibility index (Phi) is 13.8. The Morgan fingerprint density at radius 2 is 0.948 bits per heavy atom. The molecule has 2 unspecified atom stereocenters. The van der Waals surface area contributed by atoms with Crippen LogP contribution in [0, 0.1) is 16.7 Å². The van der Waals surface area contributed by atoms with Crippen LogP contribution < -0.4 is 14.2 Å². The Morgan fingerprint density at radius 3 is 1.17 bits per heavy atom. The van der Waals surface area contributed by atoms with Crippen LogP contribution in [0.4, 0.5) is 14.4 Å². The molecule has 5 rings (SSSR count). The van der Waals surface area contributed by atoms with Crippen molar-refractivity contribution < 1.29 is 60.6 Å². The third-order valence-corrected chi connectivity index (χ3v) is 12.6. The molecular weight excluding hydrogens is 789 g/mol. The molecular formula is C43H54O13S2. The standard InChI is InChI=1S/C33H39O9S.C10H16O4S/c1-31(2,3)40-28(34)37-22-10-16-25(17-11-22)43(26-18-12-23(13-19-26)38-29(35)41-32(4,5)6)27-20-14-24(15-21-27)39-30(36)42-33(7,8)9;1-9(2)7-3-4-10(9,8(11)5-7)6-15(12,13)14/h10-21H,1-9H3;7H,3-6H2,1-2H3,(H,12,13,14)/q+1;/p-1. The number of Topliss-reactive ketones (excluding diaryl/α,β-unsaturated/α-hetero) is 1. The zero-order valence-corrected chi connectivity index (χ0v) is 36.6. The number of rotatable bonds is 8. The van der Waals surface area contributed by atoms with E-state index >= 15 is 0 Å². The summed E-state index contributed by atoms with van der Waals surface area (Å²) < 4.78 is 64.4.